The van der Waals surface area contributed by atoms with Crippen LogP contribution in [0.25, 0.3) is 11.1 Å². The number of ether oxygens (including phenoxy) is 1. The van der Waals surface area contributed by atoms with Crippen LogP contribution in [0.15, 0.2) is 72.1 Å². The third kappa shape index (κ3) is 6.19. The van der Waals surface area contributed by atoms with E-state index in [9.17, 15) is 9.59 Å². The van der Waals surface area contributed by atoms with E-state index in [1.54, 1.807) is 11.3 Å². The summed E-state index contributed by atoms with van der Waals surface area (Å²) in [5.74, 6) is 0.225. The van der Waals surface area contributed by atoms with E-state index in [1.165, 1.54) is 4.90 Å². The SMILES string of the molecule is CCN(CC(=O)NCc1cccs1)C(=O)COc1ccc(-c2ccccc2)cc1. The number of hydrogen-bond donors (Lipinski definition) is 1. The molecule has 0 unspecified atom stereocenters. The van der Waals surface area contributed by atoms with E-state index in [0.29, 0.717) is 18.8 Å². The van der Waals surface area contributed by atoms with Crippen LogP contribution in [0.1, 0.15) is 11.8 Å². The van der Waals surface area contributed by atoms with Crippen LogP contribution >= 0.6 is 11.3 Å². The van der Waals surface area contributed by atoms with Crippen LogP contribution in [0.4, 0.5) is 0 Å². The molecule has 0 spiro atoms. The second-order valence-corrected chi connectivity index (χ2v) is 7.48. The number of carbonyl (C=O) groups is 2. The summed E-state index contributed by atoms with van der Waals surface area (Å²) < 4.78 is 5.62. The van der Waals surface area contributed by atoms with Crippen molar-refractivity contribution in [2.75, 3.05) is 19.7 Å². The van der Waals surface area contributed by atoms with Crippen molar-refractivity contribution in [2.45, 2.75) is 13.5 Å². The Morgan fingerprint density at radius 2 is 1.69 bits per heavy atom. The van der Waals surface area contributed by atoms with E-state index in [0.717, 1.165) is 16.0 Å². The van der Waals surface area contributed by atoms with Crippen molar-refractivity contribution in [3.63, 3.8) is 0 Å². The molecular formula is C23H24N2O3S. The zero-order valence-electron chi connectivity index (χ0n) is 16.3. The first-order chi connectivity index (χ1) is 14.2. The first-order valence-electron chi connectivity index (χ1n) is 9.51. The molecule has 5 nitrogen and oxygen atoms in total. The van der Waals surface area contributed by atoms with Crippen molar-refractivity contribution in [2.24, 2.45) is 0 Å². The van der Waals surface area contributed by atoms with Gasteiger partial charge < -0.3 is 15.0 Å². The quantitative estimate of drug-likeness (QED) is 0.583. The number of amides is 2. The van der Waals surface area contributed by atoms with Gasteiger partial charge in [0.05, 0.1) is 13.1 Å². The van der Waals surface area contributed by atoms with Gasteiger partial charge in [0.1, 0.15) is 5.75 Å². The van der Waals surface area contributed by atoms with Gasteiger partial charge in [-0.1, -0.05) is 48.5 Å². The highest BCUT2D eigenvalue weighted by molar-refractivity contribution is 7.09. The number of thiophene rings is 1. The first kappa shape index (κ1) is 20.6. The lowest BCUT2D eigenvalue weighted by Crippen LogP contribution is -2.42. The minimum Gasteiger partial charge on any atom is -0.484 e. The molecule has 0 aliphatic rings. The second-order valence-electron chi connectivity index (χ2n) is 6.44. The van der Waals surface area contributed by atoms with Crippen LogP contribution in [-0.4, -0.2) is 36.4 Å². The van der Waals surface area contributed by atoms with Gasteiger partial charge >= 0.3 is 0 Å². The van der Waals surface area contributed by atoms with Crippen LogP contribution in [0.5, 0.6) is 5.75 Å². The van der Waals surface area contributed by atoms with Crippen LogP contribution in [0.2, 0.25) is 0 Å². The molecular weight excluding hydrogens is 384 g/mol. The Hall–Kier alpha value is -3.12. The summed E-state index contributed by atoms with van der Waals surface area (Å²) in [5.41, 5.74) is 2.21. The van der Waals surface area contributed by atoms with E-state index in [-0.39, 0.29) is 25.0 Å². The number of rotatable bonds is 9. The smallest absolute Gasteiger partial charge is 0.260 e. The fourth-order valence-electron chi connectivity index (χ4n) is 2.82. The molecule has 1 N–H and O–H groups in total. The Kier molecular flexibility index (Phi) is 7.41. The number of nitrogens with zero attached hydrogens (tertiary/aromatic N) is 1. The molecule has 0 atom stereocenters. The molecule has 0 saturated heterocycles. The Labute approximate surface area is 174 Å². The lowest BCUT2D eigenvalue weighted by Gasteiger charge is -2.20. The van der Waals surface area contributed by atoms with E-state index >= 15 is 0 Å². The number of hydrogen-bond acceptors (Lipinski definition) is 4. The molecule has 0 aliphatic heterocycles. The van der Waals surface area contributed by atoms with Gasteiger partial charge in [0, 0.05) is 11.4 Å². The van der Waals surface area contributed by atoms with Crippen molar-refractivity contribution < 1.29 is 14.3 Å². The lowest BCUT2D eigenvalue weighted by atomic mass is 10.1. The van der Waals surface area contributed by atoms with Gasteiger partial charge in [-0.3, -0.25) is 9.59 Å². The van der Waals surface area contributed by atoms with E-state index < -0.39 is 0 Å². The number of benzene rings is 2. The van der Waals surface area contributed by atoms with Crippen molar-refractivity contribution in [3.05, 3.63) is 77.0 Å². The molecule has 150 valence electrons. The first-order valence-corrected chi connectivity index (χ1v) is 10.4. The molecule has 0 saturated carbocycles. The predicted octanol–water partition coefficient (Wildman–Crippen LogP) is 3.96. The van der Waals surface area contributed by atoms with E-state index in [1.807, 2.05) is 79.0 Å². The van der Waals surface area contributed by atoms with Gasteiger partial charge in [0.25, 0.3) is 5.91 Å². The normalized spacial score (nSPS) is 10.4. The molecule has 1 heterocycles. The average molecular weight is 409 g/mol. The summed E-state index contributed by atoms with van der Waals surface area (Å²) in [4.78, 5) is 27.1. The Bertz CT molecular complexity index is 909. The van der Waals surface area contributed by atoms with E-state index in [4.69, 9.17) is 4.74 Å². The molecule has 3 rings (SSSR count). The molecule has 0 bridgehead atoms. The number of carbonyl (C=O) groups excluding carboxylic acids is 2. The summed E-state index contributed by atoms with van der Waals surface area (Å²) in [6.07, 6.45) is 0. The molecule has 6 heteroatoms. The maximum absolute atomic E-state index is 12.4. The van der Waals surface area contributed by atoms with Gasteiger partial charge in [-0.05, 0) is 41.6 Å². The Morgan fingerprint density at radius 1 is 0.966 bits per heavy atom. The molecule has 29 heavy (non-hydrogen) atoms. The fourth-order valence-corrected chi connectivity index (χ4v) is 3.46. The van der Waals surface area contributed by atoms with Crippen LogP contribution in [-0.2, 0) is 16.1 Å². The topological polar surface area (TPSA) is 58.6 Å². The summed E-state index contributed by atoms with van der Waals surface area (Å²) in [5, 5.41) is 4.80. The standard InChI is InChI=1S/C23H24N2O3S/c1-2-25(16-22(26)24-15-21-9-6-14-29-21)23(27)17-28-20-12-10-19(11-13-20)18-7-4-3-5-8-18/h3-14H,2,15-17H2,1H3,(H,24,26). The summed E-state index contributed by atoms with van der Waals surface area (Å²) >= 11 is 1.59. The largest absolute Gasteiger partial charge is 0.484 e. The van der Waals surface area contributed by atoms with Gasteiger partial charge in [0.2, 0.25) is 5.91 Å². The minimum atomic E-state index is -0.217. The summed E-state index contributed by atoms with van der Waals surface area (Å²) in [6.45, 7) is 2.70. The van der Waals surface area contributed by atoms with Crippen molar-refractivity contribution in [1.29, 1.82) is 0 Å². The molecule has 0 radical (unpaired) electrons. The maximum Gasteiger partial charge on any atom is 0.260 e. The highest BCUT2D eigenvalue weighted by Gasteiger charge is 2.16. The van der Waals surface area contributed by atoms with Crippen molar-refractivity contribution in [3.8, 4) is 16.9 Å². The molecule has 0 fully saturated rings. The van der Waals surface area contributed by atoms with Gasteiger partial charge in [-0.15, -0.1) is 11.3 Å². The van der Waals surface area contributed by atoms with Gasteiger partial charge in [0.15, 0.2) is 6.61 Å². The molecule has 2 aromatic carbocycles. The Balaban J connectivity index is 1.47. The van der Waals surface area contributed by atoms with Crippen molar-refractivity contribution in [1.82, 2.24) is 10.2 Å². The highest BCUT2D eigenvalue weighted by Crippen LogP contribution is 2.22. The molecule has 0 aliphatic carbocycles. The second kappa shape index (κ2) is 10.4. The van der Waals surface area contributed by atoms with Gasteiger partial charge in [-0.2, -0.15) is 0 Å². The number of likely N-dealkylation sites (N-methyl/N-ethyl adjacent to an activating group) is 1. The zero-order chi connectivity index (χ0) is 20.5. The van der Waals surface area contributed by atoms with Gasteiger partial charge in [-0.25, -0.2) is 0 Å². The lowest BCUT2D eigenvalue weighted by molar-refractivity contribution is -0.137. The van der Waals surface area contributed by atoms with Crippen LogP contribution < -0.4 is 10.1 Å². The highest BCUT2D eigenvalue weighted by atomic mass is 32.1. The maximum atomic E-state index is 12.4. The summed E-state index contributed by atoms with van der Waals surface area (Å²) in [7, 11) is 0. The van der Waals surface area contributed by atoms with E-state index in [2.05, 4.69) is 5.32 Å². The zero-order valence-corrected chi connectivity index (χ0v) is 17.2. The van der Waals surface area contributed by atoms with Crippen molar-refractivity contribution >= 4 is 23.2 Å². The minimum absolute atomic E-state index is 0.0248. The molecule has 3 aromatic rings. The number of nitrogens with one attached hydrogen (secondary N) is 1. The Morgan fingerprint density at radius 3 is 2.34 bits per heavy atom. The fraction of sp³-hybridized carbons (Fsp3) is 0.217. The third-order valence-corrected chi connectivity index (χ3v) is 5.31. The summed E-state index contributed by atoms with van der Waals surface area (Å²) in [6, 6.07) is 21.6. The van der Waals surface area contributed by atoms with Crippen LogP contribution in [0, 0.1) is 0 Å². The molecule has 1 aromatic heterocycles. The third-order valence-electron chi connectivity index (χ3n) is 4.43. The monoisotopic (exact) mass is 408 g/mol. The average Bonchev–Trinajstić information content (AvgIpc) is 3.29. The predicted molar refractivity (Wildman–Crippen MR) is 116 cm³/mol. The molecule has 2 amide bonds. The van der Waals surface area contributed by atoms with Crippen LogP contribution in [0.3, 0.4) is 0 Å².